The first-order valence-electron chi connectivity index (χ1n) is 6.81. The van der Waals surface area contributed by atoms with Gasteiger partial charge in [-0.2, -0.15) is 0 Å². The summed E-state index contributed by atoms with van der Waals surface area (Å²) in [6.07, 6.45) is 2.36. The first-order chi connectivity index (χ1) is 8.31. The molecule has 0 radical (unpaired) electrons. The summed E-state index contributed by atoms with van der Waals surface area (Å²) >= 11 is 0. The van der Waals surface area contributed by atoms with Crippen LogP contribution in [0, 0.1) is 5.92 Å². The Balaban J connectivity index is 2.74. The molecule has 0 saturated heterocycles. The SMILES string of the molecule is CC(C)CC(CP)c1ccc(OC(C)(C)C)cc1. The van der Waals surface area contributed by atoms with Crippen LogP contribution < -0.4 is 4.74 Å². The van der Waals surface area contributed by atoms with Crippen LogP contribution in [0.1, 0.15) is 52.5 Å². The van der Waals surface area contributed by atoms with Crippen LogP contribution in [0.15, 0.2) is 24.3 Å². The molecule has 0 saturated carbocycles. The highest BCUT2D eigenvalue weighted by atomic mass is 31.0. The van der Waals surface area contributed by atoms with Gasteiger partial charge in [-0.3, -0.25) is 0 Å². The van der Waals surface area contributed by atoms with Gasteiger partial charge in [-0.1, -0.05) is 26.0 Å². The molecule has 0 bridgehead atoms. The number of rotatable bonds is 5. The van der Waals surface area contributed by atoms with Gasteiger partial charge in [0.2, 0.25) is 0 Å². The normalized spacial score (nSPS) is 13.7. The molecular weight excluding hydrogens is 239 g/mol. The summed E-state index contributed by atoms with van der Waals surface area (Å²) in [5.74, 6) is 2.33. The van der Waals surface area contributed by atoms with Gasteiger partial charge in [-0.15, -0.1) is 9.24 Å². The molecule has 1 aromatic rings. The van der Waals surface area contributed by atoms with Gasteiger partial charge >= 0.3 is 0 Å². The van der Waals surface area contributed by atoms with Gasteiger partial charge in [0.1, 0.15) is 11.4 Å². The molecule has 0 amide bonds. The summed E-state index contributed by atoms with van der Waals surface area (Å²) in [6.45, 7) is 10.8. The predicted octanol–water partition coefficient (Wildman–Crippen LogP) is 4.87. The quantitative estimate of drug-likeness (QED) is 0.691. The van der Waals surface area contributed by atoms with Crippen molar-refractivity contribution in [1.82, 2.24) is 0 Å². The molecule has 1 nitrogen and oxygen atoms in total. The fraction of sp³-hybridized carbons (Fsp3) is 0.625. The molecule has 0 aliphatic heterocycles. The van der Waals surface area contributed by atoms with Crippen molar-refractivity contribution in [2.45, 2.75) is 52.6 Å². The summed E-state index contributed by atoms with van der Waals surface area (Å²) < 4.78 is 5.85. The third-order valence-corrected chi connectivity index (χ3v) is 3.39. The maximum absolute atomic E-state index is 5.85. The van der Waals surface area contributed by atoms with E-state index in [0.29, 0.717) is 5.92 Å². The molecule has 0 spiro atoms. The van der Waals surface area contributed by atoms with Gasteiger partial charge < -0.3 is 4.74 Å². The Bertz CT molecular complexity index is 348. The van der Waals surface area contributed by atoms with E-state index >= 15 is 0 Å². The Morgan fingerprint density at radius 3 is 2.06 bits per heavy atom. The van der Waals surface area contributed by atoms with E-state index in [4.69, 9.17) is 4.74 Å². The average molecular weight is 266 g/mol. The van der Waals surface area contributed by atoms with Crippen LogP contribution in [-0.2, 0) is 0 Å². The van der Waals surface area contributed by atoms with Gasteiger partial charge in [-0.25, -0.2) is 0 Å². The van der Waals surface area contributed by atoms with Crippen LogP contribution in [-0.4, -0.2) is 11.8 Å². The van der Waals surface area contributed by atoms with Crippen LogP contribution in [0.25, 0.3) is 0 Å². The zero-order valence-electron chi connectivity index (χ0n) is 12.4. The number of ether oxygens (including phenoxy) is 1. The van der Waals surface area contributed by atoms with Crippen LogP contribution >= 0.6 is 9.24 Å². The molecular formula is C16H27OP. The molecule has 2 atom stereocenters. The Morgan fingerprint density at radius 1 is 1.11 bits per heavy atom. The summed E-state index contributed by atoms with van der Waals surface area (Å²) in [4.78, 5) is 0. The number of hydrogen-bond acceptors (Lipinski definition) is 1. The predicted molar refractivity (Wildman–Crippen MR) is 83.6 cm³/mol. The lowest BCUT2D eigenvalue weighted by Gasteiger charge is -2.22. The first kappa shape index (κ1) is 15.5. The Hall–Kier alpha value is -0.550. The van der Waals surface area contributed by atoms with Gasteiger partial charge in [0.15, 0.2) is 0 Å². The van der Waals surface area contributed by atoms with E-state index in [0.717, 1.165) is 17.8 Å². The third-order valence-electron chi connectivity index (χ3n) is 2.82. The van der Waals surface area contributed by atoms with Crippen LogP contribution in [0.4, 0.5) is 0 Å². The third kappa shape index (κ3) is 5.40. The standard InChI is InChI=1S/C16H27OP/c1-12(2)10-14(11-18)13-6-8-15(9-7-13)17-16(3,4)5/h6-9,12,14H,10-11,18H2,1-5H3. The van der Waals surface area contributed by atoms with Crippen LogP contribution in [0.2, 0.25) is 0 Å². The van der Waals surface area contributed by atoms with Gasteiger partial charge in [0, 0.05) is 0 Å². The minimum absolute atomic E-state index is 0.126. The highest BCUT2D eigenvalue weighted by Crippen LogP contribution is 2.28. The zero-order chi connectivity index (χ0) is 13.8. The highest BCUT2D eigenvalue weighted by molar-refractivity contribution is 7.16. The van der Waals surface area contributed by atoms with E-state index in [1.54, 1.807) is 0 Å². The topological polar surface area (TPSA) is 9.23 Å². The lowest BCUT2D eigenvalue weighted by atomic mass is 9.92. The van der Waals surface area contributed by atoms with E-state index in [1.165, 1.54) is 12.0 Å². The second kappa shape index (κ2) is 6.57. The summed E-state index contributed by atoms with van der Waals surface area (Å²) in [7, 11) is 2.87. The van der Waals surface area contributed by atoms with E-state index in [9.17, 15) is 0 Å². The highest BCUT2D eigenvalue weighted by Gasteiger charge is 2.14. The molecule has 2 unspecified atom stereocenters. The van der Waals surface area contributed by atoms with Gasteiger partial charge in [0.25, 0.3) is 0 Å². The molecule has 0 aliphatic carbocycles. The smallest absolute Gasteiger partial charge is 0.120 e. The summed E-state index contributed by atoms with van der Waals surface area (Å²) in [5, 5.41) is 0. The molecule has 0 heterocycles. The molecule has 2 heteroatoms. The zero-order valence-corrected chi connectivity index (χ0v) is 13.5. The fourth-order valence-corrected chi connectivity index (χ4v) is 2.56. The van der Waals surface area contributed by atoms with E-state index < -0.39 is 0 Å². The van der Waals surface area contributed by atoms with Crippen molar-refractivity contribution in [3.05, 3.63) is 29.8 Å². The van der Waals surface area contributed by atoms with Crippen molar-refractivity contribution in [1.29, 1.82) is 0 Å². The van der Waals surface area contributed by atoms with E-state index in [1.807, 2.05) is 0 Å². The second-order valence-corrected chi connectivity index (χ2v) is 6.82. The van der Waals surface area contributed by atoms with Gasteiger partial charge in [-0.05, 0) is 62.9 Å². The molecule has 102 valence electrons. The average Bonchev–Trinajstić information content (AvgIpc) is 2.24. The minimum Gasteiger partial charge on any atom is -0.488 e. The lowest BCUT2D eigenvalue weighted by molar-refractivity contribution is 0.131. The fourth-order valence-electron chi connectivity index (χ4n) is 2.10. The maximum Gasteiger partial charge on any atom is 0.120 e. The van der Waals surface area contributed by atoms with Crippen molar-refractivity contribution < 1.29 is 4.74 Å². The number of hydrogen-bond donors (Lipinski definition) is 0. The molecule has 0 N–H and O–H groups in total. The summed E-state index contributed by atoms with van der Waals surface area (Å²) in [6, 6.07) is 8.60. The van der Waals surface area contributed by atoms with Crippen LogP contribution in [0.5, 0.6) is 5.75 Å². The van der Waals surface area contributed by atoms with E-state index in [-0.39, 0.29) is 5.60 Å². The van der Waals surface area contributed by atoms with Crippen molar-refractivity contribution in [3.8, 4) is 5.75 Å². The number of benzene rings is 1. The first-order valence-corrected chi connectivity index (χ1v) is 7.62. The minimum atomic E-state index is -0.126. The summed E-state index contributed by atoms with van der Waals surface area (Å²) in [5.41, 5.74) is 1.29. The Morgan fingerprint density at radius 2 is 1.67 bits per heavy atom. The Labute approximate surface area is 115 Å². The maximum atomic E-state index is 5.85. The molecule has 0 aliphatic rings. The monoisotopic (exact) mass is 266 g/mol. The van der Waals surface area contributed by atoms with Crippen molar-refractivity contribution in [2.24, 2.45) is 5.92 Å². The van der Waals surface area contributed by atoms with Crippen molar-refractivity contribution >= 4 is 9.24 Å². The molecule has 1 aromatic carbocycles. The van der Waals surface area contributed by atoms with Crippen molar-refractivity contribution in [3.63, 3.8) is 0 Å². The molecule has 1 rings (SSSR count). The van der Waals surface area contributed by atoms with Crippen LogP contribution in [0.3, 0.4) is 0 Å². The Kier molecular flexibility index (Phi) is 5.66. The van der Waals surface area contributed by atoms with Crippen molar-refractivity contribution in [2.75, 3.05) is 6.16 Å². The lowest BCUT2D eigenvalue weighted by Crippen LogP contribution is -2.22. The molecule has 18 heavy (non-hydrogen) atoms. The van der Waals surface area contributed by atoms with E-state index in [2.05, 4.69) is 68.1 Å². The largest absolute Gasteiger partial charge is 0.488 e. The second-order valence-electron chi connectivity index (χ2n) is 6.35. The van der Waals surface area contributed by atoms with Gasteiger partial charge in [0.05, 0.1) is 0 Å². The molecule has 0 fully saturated rings. The molecule has 0 aromatic heterocycles.